The van der Waals surface area contributed by atoms with Gasteiger partial charge in [-0.3, -0.25) is 0 Å². The van der Waals surface area contributed by atoms with Crippen LogP contribution in [0.5, 0.6) is 5.75 Å². The maximum Gasteiger partial charge on any atom is 0.255 e. The standard InChI is InChI=1S/C16H20FNO/c17-16-15(19)10-9-14(18-16)13-7-5-12(6-8-13)11-3-1-2-4-11/h1-2,9-13,19H,3-8H2. The molecule has 19 heavy (non-hydrogen) atoms. The smallest absolute Gasteiger partial charge is 0.255 e. The lowest BCUT2D eigenvalue weighted by atomic mass is 9.74. The lowest BCUT2D eigenvalue weighted by Gasteiger charge is -2.32. The minimum Gasteiger partial charge on any atom is -0.504 e. The molecule has 0 saturated heterocycles. The maximum absolute atomic E-state index is 13.3. The SMILES string of the molecule is Oc1ccc(C2CCC(C3CC=CC3)CC2)nc1F. The molecule has 0 unspecified atom stereocenters. The van der Waals surface area contributed by atoms with Crippen LogP contribution in [0.3, 0.4) is 0 Å². The molecule has 0 aliphatic heterocycles. The molecule has 0 aromatic carbocycles. The van der Waals surface area contributed by atoms with E-state index in [0.29, 0.717) is 5.92 Å². The Morgan fingerprint density at radius 1 is 1.00 bits per heavy atom. The van der Waals surface area contributed by atoms with Crippen molar-refractivity contribution in [3.8, 4) is 5.75 Å². The maximum atomic E-state index is 13.3. The van der Waals surface area contributed by atoms with Crippen molar-refractivity contribution < 1.29 is 9.50 Å². The Kier molecular flexibility index (Phi) is 3.54. The van der Waals surface area contributed by atoms with Gasteiger partial charge in [0, 0.05) is 11.6 Å². The average Bonchev–Trinajstić information content (AvgIpc) is 2.96. The van der Waals surface area contributed by atoms with Crippen LogP contribution in [0.1, 0.15) is 50.1 Å². The highest BCUT2D eigenvalue weighted by molar-refractivity contribution is 5.22. The first kappa shape index (κ1) is 12.6. The summed E-state index contributed by atoms with van der Waals surface area (Å²) in [6.45, 7) is 0. The summed E-state index contributed by atoms with van der Waals surface area (Å²) in [5.41, 5.74) is 0.804. The van der Waals surface area contributed by atoms with Crippen LogP contribution in [0, 0.1) is 17.8 Å². The molecule has 1 saturated carbocycles. The number of aromatic nitrogens is 1. The Labute approximate surface area is 113 Å². The average molecular weight is 261 g/mol. The molecule has 102 valence electrons. The van der Waals surface area contributed by atoms with Crippen LogP contribution in [0.15, 0.2) is 24.3 Å². The molecule has 1 fully saturated rings. The Morgan fingerprint density at radius 2 is 1.68 bits per heavy atom. The molecule has 0 atom stereocenters. The van der Waals surface area contributed by atoms with Crippen molar-refractivity contribution in [2.45, 2.75) is 44.4 Å². The molecule has 0 bridgehead atoms. The Bertz CT molecular complexity index is 470. The van der Waals surface area contributed by atoms with Crippen LogP contribution in [0.25, 0.3) is 0 Å². The summed E-state index contributed by atoms with van der Waals surface area (Å²) in [5.74, 6) is 0.938. The van der Waals surface area contributed by atoms with E-state index in [1.54, 1.807) is 6.07 Å². The van der Waals surface area contributed by atoms with Gasteiger partial charge < -0.3 is 5.11 Å². The number of hydrogen-bond acceptors (Lipinski definition) is 2. The molecule has 3 rings (SSSR count). The van der Waals surface area contributed by atoms with E-state index in [1.165, 1.54) is 31.7 Å². The number of rotatable bonds is 2. The van der Waals surface area contributed by atoms with E-state index < -0.39 is 5.95 Å². The van der Waals surface area contributed by atoms with Crippen molar-refractivity contribution >= 4 is 0 Å². The summed E-state index contributed by atoms with van der Waals surface area (Å²) < 4.78 is 13.3. The highest BCUT2D eigenvalue weighted by atomic mass is 19.1. The van der Waals surface area contributed by atoms with Gasteiger partial charge in [-0.2, -0.15) is 4.39 Å². The molecular weight excluding hydrogens is 241 g/mol. The van der Waals surface area contributed by atoms with E-state index in [0.717, 1.165) is 30.4 Å². The molecule has 0 spiro atoms. The first-order valence-electron chi connectivity index (χ1n) is 7.24. The summed E-state index contributed by atoms with van der Waals surface area (Å²) in [6, 6.07) is 3.19. The first-order valence-corrected chi connectivity index (χ1v) is 7.24. The fraction of sp³-hybridized carbons (Fsp3) is 0.562. The zero-order valence-electron chi connectivity index (χ0n) is 11.1. The topological polar surface area (TPSA) is 33.1 Å². The number of nitrogens with zero attached hydrogens (tertiary/aromatic N) is 1. The van der Waals surface area contributed by atoms with Gasteiger partial charge in [-0.25, -0.2) is 4.98 Å². The van der Waals surface area contributed by atoms with Crippen molar-refractivity contribution in [3.05, 3.63) is 35.9 Å². The van der Waals surface area contributed by atoms with Crippen LogP contribution < -0.4 is 0 Å². The fourth-order valence-electron chi connectivity index (χ4n) is 3.58. The highest BCUT2D eigenvalue weighted by Crippen LogP contribution is 2.41. The number of pyridine rings is 1. The molecule has 2 aliphatic carbocycles. The predicted octanol–water partition coefficient (Wildman–Crippen LogP) is 4.17. The largest absolute Gasteiger partial charge is 0.504 e. The van der Waals surface area contributed by atoms with Crippen molar-refractivity contribution in [3.63, 3.8) is 0 Å². The second-order valence-corrected chi connectivity index (χ2v) is 5.86. The number of allylic oxidation sites excluding steroid dienone is 2. The van der Waals surface area contributed by atoms with E-state index >= 15 is 0 Å². The minimum absolute atomic E-state index is 0.352. The molecule has 1 heterocycles. The van der Waals surface area contributed by atoms with Gasteiger partial charge in [0.05, 0.1) is 0 Å². The van der Waals surface area contributed by atoms with E-state index in [9.17, 15) is 9.50 Å². The summed E-state index contributed by atoms with van der Waals surface area (Å²) in [6.07, 6.45) is 11.7. The normalized spacial score (nSPS) is 27.8. The summed E-state index contributed by atoms with van der Waals surface area (Å²) in [5, 5.41) is 9.18. The monoisotopic (exact) mass is 261 g/mol. The summed E-state index contributed by atoms with van der Waals surface area (Å²) in [7, 11) is 0. The third-order valence-corrected chi connectivity index (χ3v) is 4.75. The first-order chi connectivity index (χ1) is 9.24. The van der Waals surface area contributed by atoms with Gasteiger partial charge in [0.2, 0.25) is 0 Å². The van der Waals surface area contributed by atoms with Crippen LogP contribution in [0.2, 0.25) is 0 Å². The number of aromatic hydroxyl groups is 1. The molecule has 2 nitrogen and oxygen atoms in total. The minimum atomic E-state index is -0.736. The van der Waals surface area contributed by atoms with Crippen LogP contribution in [0.4, 0.5) is 4.39 Å². The molecule has 0 amide bonds. The van der Waals surface area contributed by atoms with Crippen molar-refractivity contribution in [2.24, 2.45) is 11.8 Å². The van der Waals surface area contributed by atoms with Crippen molar-refractivity contribution in [2.75, 3.05) is 0 Å². The van der Waals surface area contributed by atoms with E-state index in [4.69, 9.17) is 0 Å². The second kappa shape index (κ2) is 5.32. The second-order valence-electron chi connectivity index (χ2n) is 5.86. The Balaban J connectivity index is 1.61. The predicted molar refractivity (Wildman–Crippen MR) is 72.4 cm³/mol. The summed E-state index contributed by atoms with van der Waals surface area (Å²) >= 11 is 0. The van der Waals surface area contributed by atoms with Crippen LogP contribution in [-0.2, 0) is 0 Å². The number of hydrogen-bond donors (Lipinski definition) is 1. The Hall–Kier alpha value is -1.38. The summed E-state index contributed by atoms with van der Waals surface area (Å²) in [4.78, 5) is 3.89. The van der Waals surface area contributed by atoms with Gasteiger partial charge >= 0.3 is 0 Å². The zero-order valence-corrected chi connectivity index (χ0v) is 11.1. The fourth-order valence-corrected chi connectivity index (χ4v) is 3.58. The lowest BCUT2D eigenvalue weighted by molar-refractivity contribution is 0.238. The van der Waals surface area contributed by atoms with Crippen molar-refractivity contribution in [1.29, 1.82) is 0 Å². The molecule has 1 N–H and O–H groups in total. The molecule has 3 heteroatoms. The van der Waals surface area contributed by atoms with Crippen LogP contribution in [-0.4, -0.2) is 10.1 Å². The molecule has 1 aromatic heterocycles. The van der Waals surface area contributed by atoms with Crippen molar-refractivity contribution in [1.82, 2.24) is 4.98 Å². The van der Waals surface area contributed by atoms with E-state index in [2.05, 4.69) is 17.1 Å². The quantitative estimate of drug-likeness (QED) is 0.640. The zero-order chi connectivity index (χ0) is 13.2. The van der Waals surface area contributed by atoms with Gasteiger partial charge in [-0.15, -0.1) is 0 Å². The third kappa shape index (κ3) is 2.65. The number of halogens is 1. The Morgan fingerprint density at radius 3 is 2.32 bits per heavy atom. The van der Waals surface area contributed by atoms with Gasteiger partial charge in [-0.05, 0) is 62.5 Å². The lowest BCUT2D eigenvalue weighted by Crippen LogP contribution is -2.20. The van der Waals surface area contributed by atoms with E-state index in [-0.39, 0.29) is 5.75 Å². The van der Waals surface area contributed by atoms with Gasteiger partial charge in [0.25, 0.3) is 5.95 Å². The van der Waals surface area contributed by atoms with Gasteiger partial charge in [-0.1, -0.05) is 12.2 Å². The van der Waals surface area contributed by atoms with E-state index in [1.807, 2.05) is 0 Å². The van der Waals surface area contributed by atoms with Gasteiger partial charge in [0.1, 0.15) is 0 Å². The molecule has 2 aliphatic rings. The highest BCUT2D eigenvalue weighted by Gasteiger charge is 2.29. The third-order valence-electron chi connectivity index (χ3n) is 4.75. The van der Waals surface area contributed by atoms with Crippen LogP contribution >= 0.6 is 0 Å². The molecule has 1 aromatic rings. The van der Waals surface area contributed by atoms with Gasteiger partial charge in [0.15, 0.2) is 5.75 Å². The molecular formula is C16H20FNO. The molecule has 0 radical (unpaired) electrons.